The highest BCUT2D eigenvalue weighted by Crippen LogP contribution is 2.21. The first-order valence-corrected chi connectivity index (χ1v) is 8.87. The molecule has 2 aromatic rings. The molecule has 0 saturated carbocycles. The van der Waals surface area contributed by atoms with Crippen LogP contribution in [0.15, 0.2) is 42.5 Å². The number of nitrogens with zero attached hydrogens (tertiary/aromatic N) is 1. The van der Waals surface area contributed by atoms with Gasteiger partial charge in [0.05, 0.1) is 11.9 Å². The SMILES string of the molecule is CS(=O)(=O)N(CC(=O)Nc1cccc(Cl)c1)c1ccc(F)c(F)c1. The predicted octanol–water partition coefficient (Wildman–Crippen LogP) is 3.02. The van der Waals surface area contributed by atoms with Crippen molar-refractivity contribution in [3.05, 3.63) is 59.1 Å². The third-order valence-corrected chi connectivity index (χ3v) is 4.36. The van der Waals surface area contributed by atoms with Crippen molar-refractivity contribution in [2.75, 3.05) is 22.4 Å². The van der Waals surface area contributed by atoms with Gasteiger partial charge >= 0.3 is 0 Å². The normalized spacial score (nSPS) is 11.2. The molecule has 128 valence electrons. The number of hydrogen-bond donors (Lipinski definition) is 1. The highest BCUT2D eigenvalue weighted by molar-refractivity contribution is 7.92. The van der Waals surface area contributed by atoms with E-state index >= 15 is 0 Å². The lowest BCUT2D eigenvalue weighted by Gasteiger charge is -2.22. The Bertz CT molecular complexity index is 875. The number of carbonyl (C=O) groups is 1. The molecule has 0 fully saturated rings. The van der Waals surface area contributed by atoms with Crippen LogP contribution in [0.4, 0.5) is 20.2 Å². The minimum absolute atomic E-state index is 0.155. The van der Waals surface area contributed by atoms with Crippen molar-refractivity contribution in [1.82, 2.24) is 0 Å². The molecule has 0 bridgehead atoms. The fraction of sp³-hybridized carbons (Fsp3) is 0.133. The van der Waals surface area contributed by atoms with Gasteiger partial charge in [0, 0.05) is 16.8 Å². The molecule has 2 rings (SSSR count). The Morgan fingerprint density at radius 3 is 2.46 bits per heavy atom. The molecule has 0 saturated heterocycles. The summed E-state index contributed by atoms with van der Waals surface area (Å²) < 4.78 is 50.8. The number of sulfonamides is 1. The summed E-state index contributed by atoms with van der Waals surface area (Å²) in [4.78, 5) is 12.1. The zero-order valence-corrected chi connectivity index (χ0v) is 14.0. The van der Waals surface area contributed by atoms with Crippen LogP contribution in [-0.2, 0) is 14.8 Å². The van der Waals surface area contributed by atoms with Gasteiger partial charge in [-0.1, -0.05) is 17.7 Å². The second-order valence-electron chi connectivity index (χ2n) is 4.93. The maximum absolute atomic E-state index is 13.3. The smallest absolute Gasteiger partial charge is 0.245 e. The number of amides is 1. The van der Waals surface area contributed by atoms with Gasteiger partial charge in [-0.2, -0.15) is 0 Å². The van der Waals surface area contributed by atoms with Crippen LogP contribution in [0.1, 0.15) is 0 Å². The second-order valence-corrected chi connectivity index (χ2v) is 7.27. The fourth-order valence-electron chi connectivity index (χ4n) is 1.94. The van der Waals surface area contributed by atoms with Crippen molar-refractivity contribution in [3.8, 4) is 0 Å². The molecular weight excluding hydrogens is 362 g/mol. The topological polar surface area (TPSA) is 66.5 Å². The van der Waals surface area contributed by atoms with Crippen LogP contribution in [0, 0.1) is 11.6 Å². The first-order valence-electron chi connectivity index (χ1n) is 6.65. The van der Waals surface area contributed by atoms with Crippen molar-refractivity contribution >= 4 is 38.9 Å². The van der Waals surface area contributed by atoms with E-state index in [2.05, 4.69) is 5.32 Å². The minimum Gasteiger partial charge on any atom is -0.324 e. The number of benzene rings is 2. The van der Waals surface area contributed by atoms with Gasteiger partial charge in [-0.3, -0.25) is 9.10 Å². The summed E-state index contributed by atoms with van der Waals surface area (Å²) in [7, 11) is -3.89. The number of carbonyl (C=O) groups excluding carboxylic acids is 1. The van der Waals surface area contributed by atoms with Gasteiger partial charge in [0.2, 0.25) is 15.9 Å². The number of anilines is 2. The Kier molecular flexibility index (Phi) is 5.40. The van der Waals surface area contributed by atoms with Crippen LogP contribution in [0.2, 0.25) is 5.02 Å². The molecule has 2 aromatic carbocycles. The molecule has 5 nitrogen and oxygen atoms in total. The molecule has 24 heavy (non-hydrogen) atoms. The molecule has 0 spiro atoms. The van der Waals surface area contributed by atoms with Crippen LogP contribution in [0.25, 0.3) is 0 Å². The summed E-state index contributed by atoms with van der Waals surface area (Å²) in [5.41, 5.74) is 0.226. The molecule has 0 radical (unpaired) electrons. The zero-order chi connectivity index (χ0) is 17.9. The third-order valence-electron chi connectivity index (χ3n) is 2.99. The van der Waals surface area contributed by atoms with E-state index in [1.54, 1.807) is 18.2 Å². The molecule has 0 aromatic heterocycles. The first-order chi connectivity index (χ1) is 11.2. The summed E-state index contributed by atoms with van der Waals surface area (Å²) in [5, 5.41) is 2.88. The quantitative estimate of drug-likeness (QED) is 0.874. The van der Waals surface area contributed by atoms with Gasteiger partial charge in [0.1, 0.15) is 6.54 Å². The maximum Gasteiger partial charge on any atom is 0.245 e. The van der Waals surface area contributed by atoms with E-state index in [1.165, 1.54) is 6.07 Å². The highest BCUT2D eigenvalue weighted by Gasteiger charge is 2.22. The lowest BCUT2D eigenvalue weighted by molar-refractivity contribution is -0.114. The van der Waals surface area contributed by atoms with E-state index < -0.39 is 34.1 Å². The number of halogens is 3. The third kappa shape index (κ3) is 4.65. The summed E-state index contributed by atoms with van der Waals surface area (Å²) >= 11 is 5.80. The summed E-state index contributed by atoms with van der Waals surface area (Å²) in [6.45, 7) is -0.601. The van der Waals surface area contributed by atoms with Gasteiger partial charge in [0.25, 0.3) is 0 Å². The minimum atomic E-state index is -3.89. The lowest BCUT2D eigenvalue weighted by Crippen LogP contribution is -2.37. The van der Waals surface area contributed by atoms with Crippen molar-refractivity contribution in [2.45, 2.75) is 0 Å². The van der Waals surface area contributed by atoms with Crippen LogP contribution in [0.3, 0.4) is 0 Å². The molecule has 0 aliphatic rings. The Hall–Kier alpha value is -2.19. The van der Waals surface area contributed by atoms with E-state index in [0.717, 1.165) is 18.4 Å². The predicted molar refractivity (Wildman–Crippen MR) is 88.6 cm³/mol. The Labute approximate surface area is 142 Å². The van der Waals surface area contributed by atoms with Crippen LogP contribution < -0.4 is 9.62 Å². The van der Waals surface area contributed by atoms with Gasteiger partial charge in [0.15, 0.2) is 11.6 Å². The summed E-state index contributed by atoms with van der Waals surface area (Å²) in [6.07, 6.45) is 0.862. The van der Waals surface area contributed by atoms with E-state index in [0.29, 0.717) is 21.1 Å². The highest BCUT2D eigenvalue weighted by atomic mass is 35.5. The van der Waals surface area contributed by atoms with Crippen LogP contribution >= 0.6 is 11.6 Å². The lowest BCUT2D eigenvalue weighted by atomic mass is 10.3. The number of rotatable bonds is 5. The molecule has 9 heteroatoms. The van der Waals surface area contributed by atoms with Crippen molar-refractivity contribution in [2.24, 2.45) is 0 Å². The Morgan fingerprint density at radius 2 is 1.88 bits per heavy atom. The average Bonchev–Trinajstić information content (AvgIpc) is 2.47. The van der Waals surface area contributed by atoms with Gasteiger partial charge in [-0.05, 0) is 30.3 Å². The van der Waals surface area contributed by atoms with E-state index in [9.17, 15) is 22.0 Å². The first kappa shape index (κ1) is 18.2. The second kappa shape index (κ2) is 7.14. The zero-order valence-electron chi connectivity index (χ0n) is 12.5. The van der Waals surface area contributed by atoms with E-state index in [-0.39, 0.29) is 5.69 Å². The molecule has 1 amide bonds. The van der Waals surface area contributed by atoms with Crippen LogP contribution in [-0.4, -0.2) is 27.1 Å². The molecule has 0 heterocycles. The molecule has 0 aliphatic heterocycles. The fourth-order valence-corrected chi connectivity index (χ4v) is 2.98. The van der Waals surface area contributed by atoms with Gasteiger partial charge < -0.3 is 5.32 Å². The largest absolute Gasteiger partial charge is 0.324 e. The van der Waals surface area contributed by atoms with Crippen LogP contribution in [0.5, 0.6) is 0 Å². The standard InChI is InChI=1S/C15H13ClF2N2O3S/c1-24(22,23)20(12-5-6-13(17)14(18)8-12)9-15(21)19-11-4-2-3-10(16)7-11/h2-8H,9H2,1H3,(H,19,21). The molecule has 0 unspecified atom stereocenters. The van der Waals surface area contributed by atoms with Gasteiger partial charge in [-0.25, -0.2) is 17.2 Å². The number of nitrogens with one attached hydrogen (secondary N) is 1. The Morgan fingerprint density at radius 1 is 1.17 bits per heavy atom. The monoisotopic (exact) mass is 374 g/mol. The molecule has 1 N–H and O–H groups in total. The van der Waals surface area contributed by atoms with Crippen molar-refractivity contribution in [1.29, 1.82) is 0 Å². The molecular formula is C15H13ClF2N2O3S. The molecule has 0 atom stereocenters. The summed E-state index contributed by atoms with van der Waals surface area (Å²) in [5.74, 6) is -2.99. The Balaban J connectivity index is 2.23. The van der Waals surface area contributed by atoms with Gasteiger partial charge in [-0.15, -0.1) is 0 Å². The van der Waals surface area contributed by atoms with E-state index in [4.69, 9.17) is 11.6 Å². The van der Waals surface area contributed by atoms with Crippen molar-refractivity contribution < 1.29 is 22.0 Å². The number of hydrogen-bond acceptors (Lipinski definition) is 3. The average molecular weight is 375 g/mol. The van der Waals surface area contributed by atoms with Crippen molar-refractivity contribution in [3.63, 3.8) is 0 Å². The van der Waals surface area contributed by atoms with E-state index in [1.807, 2.05) is 0 Å². The maximum atomic E-state index is 13.3. The molecule has 0 aliphatic carbocycles. The summed E-state index contributed by atoms with van der Waals surface area (Å²) in [6, 6.07) is 8.86.